The summed E-state index contributed by atoms with van der Waals surface area (Å²) in [5.74, 6) is 1.49. The number of nitrogens with one attached hydrogen (secondary N) is 1. The number of ether oxygens (including phenoxy) is 1. The molecular weight excluding hydrogens is 475 g/mol. The number of hydrogen-bond acceptors (Lipinski definition) is 5. The molecule has 3 heterocycles. The minimum absolute atomic E-state index is 0.0948. The number of halogens is 2. The van der Waals surface area contributed by atoms with Crippen LogP contribution in [0.1, 0.15) is 24.1 Å². The molecule has 2 aliphatic rings. The van der Waals surface area contributed by atoms with Gasteiger partial charge in [0.05, 0.1) is 28.4 Å². The molecule has 10 heteroatoms. The molecule has 0 bridgehead atoms. The van der Waals surface area contributed by atoms with Crippen LogP contribution < -0.4 is 10.1 Å². The van der Waals surface area contributed by atoms with Crippen LogP contribution >= 0.6 is 23.2 Å². The Balaban J connectivity index is 1.24. The first-order chi connectivity index (χ1) is 16.3. The smallest absolute Gasteiger partial charge is 0.321 e. The van der Waals surface area contributed by atoms with E-state index in [2.05, 4.69) is 27.1 Å². The van der Waals surface area contributed by atoms with E-state index in [9.17, 15) is 4.79 Å². The fraction of sp³-hybridized carbons (Fsp3) is 0.583. The number of benzene rings is 1. The van der Waals surface area contributed by atoms with Crippen LogP contribution in [-0.2, 0) is 13.6 Å². The normalized spacial score (nSPS) is 19.9. The second-order valence-electron chi connectivity index (χ2n) is 9.29. The van der Waals surface area contributed by atoms with Gasteiger partial charge in [0.15, 0.2) is 0 Å². The molecule has 1 aromatic heterocycles. The average molecular weight is 509 g/mol. The number of aryl methyl sites for hydroxylation is 2. The summed E-state index contributed by atoms with van der Waals surface area (Å²) in [6.07, 6.45) is 2.45. The largest absolute Gasteiger partial charge is 0.481 e. The summed E-state index contributed by atoms with van der Waals surface area (Å²) in [6, 6.07) is 5.04. The minimum atomic E-state index is -0.0948. The molecule has 0 aliphatic carbocycles. The molecule has 2 aromatic rings. The first-order valence-electron chi connectivity index (χ1n) is 11.9. The molecule has 186 valence electrons. The second kappa shape index (κ2) is 11.2. The van der Waals surface area contributed by atoms with Crippen molar-refractivity contribution in [2.45, 2.75) is 26.3 Å². The van der Waals surface area contributed by atoms with E-state index < -0.39 is 0 Å². The molecule has 2 amide bonds. The SMILES string of the molecule is COc1c(CN2CCC[C@@H](CN3CCN(C(=O)Nc4ccc(Cl)c(Cl)c4)CC3)C2)c(C)nn1C. The molecule has 1 atom stereocenters. The Labute approximate surface area is 211 Å². The predicted octanol–water partition coefficient (Wildman–Crippen LogP) is 4.11. The monoisotopic (exact) mass is 508 g/mol. The molecule has 1 aromatic carbocycles. The van der Waals surface area contributed by atoms with Crippen LogP contribution in [0.25, 0.3) is 0 Å². The van der Waals surface area contributed by atoms with Crippen LogP contribution in [-0.4, -0.2) is 83.4 Å². The number of piperidine rings is 1. The van der Waals surface area contributed by atoms with Gasteiger partial charge in [-0.25, -0.2) is 9.48 Å². The van der Waals surface area contributed by atoms with Crippen molar-refractivity contribution < 1.29 is 9.53 Å². The van der Waals surface area contributed by atoms with Gasteiger partial charge in [0.1, 0.15) is 0 Å². The van der Waals surface area contributed by atoms with Crippen LogP contribution in [0.2, 0.25) is 10.0 Å². The first-order valence-corrected chi connectivity index (χ1v) is 12.6. The summed E-state index contributed by atoms with van der Waals surface area (Å²) in [4.78, 5) is 19.5. The third kappa shape index (κ3) is 5.97. The van der Waals surface area contributed by atoms with Crippen molar-refractivity contribution in [1.29, 1.82) is 0 Å². The Morgan fingerprint density at radius 3 is 2.62 bits per heavy atom. The lowest BCUT2D eigenvalue weighted by Gasteiger charge is -2.39. The summed E-state index contributed by atoms with van der Waals surface area (Å²) in [5, 5.41) is 8.35. The standard InChI is InChI=1S/C24H34Cl2N6O2/c1-17-20(23(34-3)29(2)28-17)16-31-8-4-5-18(15-31)14-30-9-11-32(12-10-30)24(33)27-19-6-7-21(25)22(26)13-19/h6-7,13,18H,4-5,8-12,14-16H2,1-3H3,(H,27,33)/t18-/m0/s1. The highest BCUT2D eigenvalue weighted by Crippen LogP contribution is 2.27. The van der Waals surface area contributed by atoms with E-state index in [1.807, 2.05) is 16.6 Å². The highest BCUT2D eigenvalue weighted by atomic mass is 35.5. The molecule has 0 radical (unpaired) electrons. The van der Waals surface area contributed by atoms with Gasteiger partial charge in [-0.1, -0.05) is 23.2 Å². The highest BCUT2D eigenvalue weighted by Gasteiger charge is 2.27. The van der Waals surface area contributed by atoms with Gasteiger partial charge in [-0.2, -0.15) is 5.10 Å². The van der Waals surface area contributed by atoms with Crippen LogP contribution in [0.5, 0.6) is 5.88 Å². The number of carbonyl (C=O) groups excluding carboxylic acids is 1. The number of urea groups is 1. The summed E-state index contributed by atoms with van der Waals surface area (Å²) in [7, 11) is 3.64. The molecule has 0 saturated carbocycles. The van der Waals surface area contributed by atoms with Gasteiger partial charge in [0, 0.05) is 58.5 Å². The van der Waals surface area contributed by atoms with Crippen LogP contribution in [0.4, 0.5) is 10.5 Å². The van der Waals surface area contributed by atoms with Crippen molar-refractivity contribution in [3.63, 3.8) is 0 Å². The molecule has 2 fully saturated rings. The Bertz CT molecular complexity index is 1010. The van der Waals surface area contributed by atoms with Crippen molar-refractivity contribution in [1.82, 2.24) is 24.5 Å². The Hall–Kier alpha value is -2.00. The van der Waals surface area contributed by atoms with Gasteiger partial charge in [0.25, 0.3) is 0 Å². The van der Waals surface area contributed by atoms with Crippen molar-refractivity contribution >= 4 is 34.9 Å². The highest BCUT2D eigenvalue weighted by molar-refractivity contribution is 6.42. The van der Waals surface area contributed by atoms with Crippen LogP contribution in [0.15, 0.2) is 18.2 Å². The Kier molecular flexibility index (Phi) is 8.24. The number of amides is 2. The van der Waals surface area contributed by atoms with Gasteiger partial charge in [-0.05, 0) is 50.4 Å². The zero-order valence-corrected chi connectivity index (χ0v) is 21.7. The number of nitrogens with zero attached hydrogens (tertiary/aromatic N) is 5. The molecule has 0 spiro atoms. The van der Waals surface area contributed by atoms with Gasteiger partial charge in [0.2, 0.25) is 5.88 Å². The fourth-order valence-corrected chi connectivity index (χ4v) is 5.36. The van der Waals surface area contributed by atoms with Crippen molar-refractivity contribution in [2.75, 3.05) is 58.2 Å². The van der Waals surface area contributed by atoms with Crippen LogP contribution in [0, 0.1) is 12.8 Å². The van der Waals surface area contributed by atoms with Gasteiger partial charge < -0.3 is 15.0 Å². The molecule has 8 nitrogen and oxygen atoms in total. The zero-order chi connectivity index (χ0) is 24.2. The van der Waals surface area contributed by atoms with Crippen molar-refractivity contribution in [3.05, 3.63) is 39.5 Å². The number of hydrogen-bond donors (Lipinski definition) is 1. The summed E-state index contributed by atoms with van der Waals surface area (Å²) >= 11 is 12.0. The number of aromatic nitrogens is 2. The number of piperazine rings is 1. The van der Waals surface area contributed by atoms with E-state index in [1.54, 1.807) is 25.3 Å². The maximum absolute atomic E-state index is 12.7. The molecule has 2 aliphatic heterocycles. The summed E-state index contributed by atoms with van der Waals surface area (Å²) < 4.78 is 7.40. The van der Waals surface area contributed by atoms with E-state index in [0.717, 1.165) is 63.9 Å². The summed E-state index contributed by atoms with van der Waals surface area (Å²) in [5.41, 5.74) is 2.88. The number of anilines is 1. The Morgan fingerprint density at radius 2 is 1.91 bits per heavy atom. The Morgan fingerprint density at radius 1 is 1.15 bits per heavy atom. The lowest BCUT2D eigenvalue weighted by atomic mass is 9.96. The molecular formula is C24H34Cl2N6O2. The molecule has 4 rings (SSSR count). The van der Waals surface area contributed by atoms with Crippen molar-refractivity contribution in [3.8, 4) is 5.88 Å². The van der Waals surface area contributed by atoms with Gasteiger partial charge >= 0.3 is 6.03 Å². The molecule has 34 heavy (non-hydrogen) atoms. The molecule has 1 N–H and O–H groups in total. The van der Waals surface area contributed by atoms with E-state index in [-0.39, 0.29) is 6.03 Å². The quantitative estimate of drug-likeness (QED) is 0.635. The minimum Gasteiger partial charge on any atom is -0.481 e. The maximum atomic E-state index is 12.7. The maximum Gasteiger partial charge on any atom is 0.321 e. The zero-order valence-electron chi connectivity index (χ0n) is 20.2. The third-order valence-corrected chi connectivity index (χ3v) is 7.55. The van der Waals surface area contributed by atoms with E-state index >= 15 is 0 Å². The fourth-order valence-electron chi connectivity index (χ4n) is 5.06. The second-order valence-corrected chi connectivity index (χ2v) is 10.1. The number of methoxy groups -OCH3 is 1. The van der Waals surface area contributed by atoms with Gasteiger partial charge in [-0.15, -0.1) is 0 Å². The lowest BCUT2D eigenvalue weighted by Crippen LogP contribution is -2.52. The molecule has 2 saturated heterocycles. The predicted molar refractivity (Wildman–Crippen MR) is 136 cm³/mol. The number of rotatable bonds is 6. The number of carbonyl (C=O) groups is 1. The van der Waals surface area contributed by atoms with Crippen LogP contribution in [0.3, 0.4) is 0 Å². The third-order valence-electron chi connectivity index (χ3n) is 6.81. The first kappa shape index (κ1) is 25.1. The molecule has 0 unspecified atom stereocenters. The van der Waals surface area contributed by atoms with E-state index in [4.69, 9.17) is 27.9 Å². The van der Waals surface area contributed by atoms with Crippen molar-refractivity contribution in [2.24, 2.45) is 13.0 Å². The van der Waals surface area contributed by atoms with E-state index in [0.29, 0.717) is 21.7 Å². The topological polar surface area (TPSA) is 65.9 Å². The van der Waals surface area contributed by atoms with Gasteiger partial charge in [-0.3, -0.25) is 9.80 Å². The average Bonchev–Trinajstić information content (AvgIpc) is 3.08. The van der Waals surface area contributed by atoms with E-state index in [1.165, 1.54) is 18.4 Å². The number of likely N-dealkylation sites (tertiary alicyclic amines) is 1. The summed E-state index contributed by atoms with van der Waals surface area (Å²) in [6.45, 7) is 9.40. The lowest BCUT2D eigenvalue weighted by molar-refractivity contribution is 0.0980.